The molecule has 0 aliphatic heterocycles. The highest BCUT2D eigenvalue weighted by atomic mass is 32.2. The number of ether oxygens (including phenoxy) is 1. The predicted molar refractivity (Wildman–Crippen MR) is 95.5 cm³/mol. The van der Waals surface area contributed by atoms with Gasteiger partial charge in [-0.1, -0.05) is 17.8 Å². The molecule has 5 nitrogen and oxygen atoms in total. The van der Waals surface area contributed by atoms with Crippen molar-refractivity contribution >= 4 is 39.3 Å². The summed E-state index contributed by atoms with van der Waals surface area (Å²) in [7, 11) is 0. The quantitative estimate of drug-likeness (QED) is 0.331. The number of esters is 1. The Bertz CT molecular complexity index is 793. The lowest BCUT2D eigenvalue weighted by molar-refractivity contribution is -0.142. The lowest BCUT2D eigenvalue weighted by Crippen LogP contribution is -2.22. The number of hydrogen-bond acceptors (Lipinski definition) is 6. The summed E-state index contributed by atoms with van der Waals surface area (Å²) in [5.41, 5.74) is 0.943. The third-order valence-corrected chi connectivity index (χ3v) is 5.49. The Morgan fingerprint density at radius 3 is 2.87 bits per heavy atom. The molecular weight excluding hydrogens is 332 g/mol. The first-order chi connectivity index (χ1) is 11.0. The summed E-state index contributed by atoms with van der Waals surface area (Å²) in [6.45, 7) is 10.2. The molecule has 0 atom stereocenters. The third kappa shape index (κ3) is 3.84. The van der Waals surface area contributed by atoms with E-state index >= 15 is 0 Å². The van der Waals surface area contributed by atoms with Crippen molar-refractivity contribution in [3.63, 3.8) is 0 Å². The second-order valence-electron chi connectivity index (χ2n) is 4.97. The van der Waals surface area contributed by atoms with Crippen LogP contribution in [0.2, 0.25) is 0 Å². The van der Waals surface area contributed by atoms with Gasteiger partial charge in [0.2, 0.25) is 0 Å². The molecule has 124 valence electrons. The molecule has 0 aromatic carbocycles. The van der Waals surface area contributed by atoms with E-state index in [2.05, 4.69) is 11.6 Å². The van der Waals surface area contributed by atoms with Crippen molar-refractivity contribution < 1.29 is 9.53 Å². The topological polar surface area (TPSA) is 61.2 Å². The van der Waals surface area contributed by atoms with Crippen molar-refractivity contribution in [2.24, 2.45) is 0 Å². The second-order valence-corrected chi connectivity index (χ2v) is 7.23. The van der Waals surface area contributed by atoms with E-state index < -0.39 is 0 Å². The van der Waals surface area contributed by atoms with Crippen molar-refractivity contribution in [1.29, 1.82) is 0 Å². The van der Waals surface area contributed by atoms with Gasteiger partial charge in [0.25, 0.3) is 5.56 Å². The normalized spacial score (nSPS) is 10.9. The summed E-state index contributed by atoms with van der Waals surface area (Å²) >= 11 is 2.92. The molecule has 0 saturated carbocycles. The minimum Gasteiger partial charge on any atom is -0.466 e. The lowest BCUT2D eigenvalue weighted by atomic mass is 10.2. The van der Waals surface area contributed by atoms with Crippen LogP contribution in [0.3, 0.4) is 0 Å². The number of thioether (sulfide) groups is 1. The van der Waals surface area contributed by atoms with Crippen molar-refractivity contribution in [2.45, 2.75) is 38.9 Å². The van der Waals surface area contributed by atoms with E-state index in [0.29, 0.717) is 35.9 Å². The first kappa shape index (κ1) is 17.7. The fourth-order valence-corrected chi connectivity index (χ4v) is 4.17. The predicted octanol–water partition coefficient (Wildman–Crippen LogP) is 3.31. The monoisotopic (exact) mass is 352 g/mol. The van der Waals surface area contributed by atoms with Gasteiger partial charge < -0.3 is 4.74 Å². The first-order valence-corrected chi connectivity index (χ1v) is 9.19. The largest absolute Gasteiger partial charge is 0.466 e. The number of hydrogen-bond donors (Lipinski definition) is 0. The van der Waals surface area contributed by atoms with E-state index in [1.54, 1.807) is 17.6 Å². The zero-order valence-corrected chi connectivity index (χ0v) is 15.2. The Balaban J connectivity index is 2.34. The number of nitrogens with zero attached hydrogens (tertiary/aromatic N) is 2. The molecule has 2 aromatic heterocycles. The molecule has 0 aliphatic carbocycles. The average Bonchev–Trinajstić information content (AvgIpc) is 2.78. The van der Waals surface area contributed by atoms with Crippen molar-refractivity contribution in [3.05, 3.63) is 33.4 Å². The van der Waals surface area contributed by atoms with Crippen LogP contribution in [0.15, 0.2) is 22.6 Å². The molecule has 2 heterocycles. The molecule has 0 N–H and O–H groups in total. The van der Waals surface area contributed by atoms with E-state index in [-0.39, 0.29) is 11.5 Å². The summed E-state index contributed by atoms with van der Waals surface area (Å²) in [6.07, 6.45) is 1.97. The summed E-state index contributed by atoms with van der Waals surface area (Å²) in [5.74, 6) is 0.290. The number of allylic oxidation sites excluding steroid dienone is 1. The second kappa shape index (κ2) is 7.79. The van der Waals surface area contributed by atoms with Crippen molar-refractivity contribution in [3.8, 4) is 0 Å². The zero-order valence-electron chi connectivity index (χ0n) is 13.5. The summed E-state index contributed by atoms with van der Waals surface area (Å²) < 4.78 is 6.53. The number of thiophene rings is 1. The molecule has 0 fully saturated rings. The molecule has 7 heteroatoms. The fraction of sp³-hybridized carbons (Fsp3) is 0.438. The number of aryl methyl sites for hydroxylation is 2. The molecule has 0 spiro atoms. The van der Waals surface area contributed by atoms with Gasteiger partial charge in [-0.25, -0.2) is 4.98 Å². The Morgan fingerprint density at radius 1 is 1.48 bits per heavy atom. The lowest BCUT2D eigenvalue weighted by Gasteiger charge is -2.10. The maximum absolute atomic E-state index is 12.7. The minimum absolute atomic E-state index is 0.0459. The van der Waals surface area contributed by atoms with Crippen LogP contribution in [0.1, 0.15) is 23.8 Å². The first-order valence-electron chi connectivity index (χ1n) is 7.39. The van der Waals surface area contributed by atoms with Crippen LogP contribution in [0, 0.1) is 13.8 Å². The number of rotatable bonds is 7. The van der Waals surface area contributed by atoms with Crippen molar-refractivity contribution in [1.82, 2.24) is 9.55 Å². The van der Waals surface area contributed by atoms with E-state index in [4.69, 9.17) is 4.74 Å². The van der Waals surface area contributed by atoms with Gasteiger partial charge >= 0.3 is 5.97 Å². The number of aromatic nitrogens is 2. The van der Waals surface area contributed by atoms with E-state index in [1.807, 2.05) is 13.8 Å². The van der Waals surface area contributed by atoms with Gasteiger partial charge in [-0.3, -0.25) is 14.2 Å². The van der Waals surface area contributed by atoms with E-state index in [9.17, 15) is 9.59 Å². The van der Waals surface area contributed by atoms with Crippen LogP contribution in [-0.2, 0) is 16.1 Å². The maximum atomic E-state index is 12.7. The van der Waals surface area contributed by atoms with Crippen LogP contribution in [0.4, 0.5) is 0 Å². The van der Waals surface area contributed by atoms with Gasteiger partial charge in [0, 0.05) is 17.2 Å². The molecular formula is C16H20N2O3S2. The van der Waals surface area contributed by atoms with Gasteiger partial charge in [0.1, 0.15) is 4.83 Å². The summed E-state index contributed by atoms with van der Waals surface area (Å²) in [5, 5.41) is 1.30. The van der Waals surface area contributed by atoms with E-state index in [1.165, 1.54) is 23.1 Å². The maximum Gasteiger partial charge on any atom is 0.306 e. The molecule has 23 heavy (non-hydrogen) atoms. The van der Waals surface area contributed by atoms with Gasteiger partial charge in [0.15, 0.2) is 5.16 Å². The Morgan fingerprint density at radius 2 is 2.22 bits per heavy atom. The van der Waals surface area contributed by atoms with E-state index in [0.717, 1.165) is 15.3 Å². The van der Waals surface area contributed by atoms with Crippen LogP contribution >= 0.6 is 23.1 Å². The molecule has 0 amide bonds. The highest BCUT2D eigenvalue weighted by molar-refractivity contribution is 7.99. The van der Waals surface area contributed by atoms with Crippen LogP contribution < -0.4 is 5.56 Å². The Kier molecular flexibility index (Phi) is 6.01. The number of carbonyl (C=O) groups excluding carboxylic acids is 1. The molecule has 2 rings (SSSR count). The van der Waals surface area contributed by atoms with Gasteiger partial charge in [-0.2, -0.15) is 0 Å². The standard InChI is InChI=1S/C16H20N2O3S2/c1-5-8-18-15(20)13-10(3)11(4)23-14(13)17-16(18)22-9-7-12(19)21-6-2/h5H,1,6-9H2,2-4H3. The van der Waals surface area contributed by atoms with Crippen LogP contribution in [0.25, 0.3) is 10.2 Å². The highest BCUT2D eigenvalue weighted by Crippen LogP contribution is 2.28. The minimum atomic E-state index is -0.235. The molecule has 0 bridgehead atoms. The molecule has 2 aromatic rings. The SMILES string of the molecule is C=CCn1c(SCCC(=O)OCC)nc2sc(C)c(C)c2c1=O. The van der Waals surface area contributed by atoms with Gasteiger partial charge in [0.05, 0.1) is 18.4 Å². The fourth-order valence-electron chi connectivity index (χ4n) is 2.17. The smallest absolute Gasteiger partial charge is 0.306 e. The molecule has 0 saturated heterocycles. The van der Waals surface area contributed by atoms with Crippen molar-refractivity contribution in [2.75, 3.05) is 12.4 Å². The van der Waals surface area contributed by atoms with Gasteiger partial charge in [-0.15, -0.1) is 17.9 Å². The average molecular weight is 352 g/mol. The number of carbonyl (C=O) groups is 1. The van der Waals surface area contributed by atoms with Gasteiger partial charge in [-0.05, 0) is 26.3 Å². The molecule has 0 aliphatic rings. The highest BCUT2D eigenvalue weighted by Gasteiger charge is 2.16. The number of fused-ring (bicyclic) bond motifs is 1. The third-order valence-electron chi connectivity index (χ3n) is 3.41. The molecule has 0 radical (unpaired) electrons. The Labute approximate surface area is 143 Å². The zero-order chi connectivity index (χ0) is 17.0. The van der Waals surface area contributed by atoms with Crippen LogP contribution in [0.5, 0.6) is 0 Å². The summed E-state index contributed by atoms with van der Waals surface area (Å²) in [4.78, 5) is 30.7. The Hall–Kier alpha value is -1.60. The summed E-state index contributed by atoms with van der Waals surface area (Å²) in [6, 6.07) is 0. The van der Waals surface area contributed by atoms with Crippen LogP contribution in [-0.4, -0.2) is 27.9 Å². The molecule has 0 unspecified atom stereocenters.